The largest absolute Gasteiger partial charge is 0.493 e. The van der Waals surface area contributed by atoms with Crippen molar-refractivity contribution in [2.45, 2.75) is 52.2 Å². The summed E-state index contributed by atoms with van der Waals surface area (Å²) in [4.78, 5) is 24.6. The van der Waals surface area contributed by atoms with Gasteiger partial charge in [0.05, 0.1) is 20.3 Å². The molecule has 6 heteroatoms. The number of hydrogen-bond donors (Lipinski definition) is 0. The molecule has 0 aliphatic heterocycles. The van der Waals surface area contributed by atoms with Crippen LogP contribution in [0.1, 0.15) is 50.0 Å². The molecule has 0 N–H and O–H groups in total. The van der Waals surface area contributed by atoms with Crippen LogP contribution < -0.4 is 14.2 Å². The first kappa shape index (κ1) is 21.7. The van der Waals surface area contributed by atoms with E-state index in [-0.39, 0.29) is 11.9 Å². The Morgan fingerprint density at radius 2 is 1.67 bits per heavy atom. The van der Waals surface area contributed by atoms with Crippen LogP contribution in [0.2, 0.25) is 0 Å². The van der Waals surface area contributed by atoms with Gasteiger partial charge in [-0.05, 0) is 57.4 Å². The zero-order valence-corrected chi connectivity index (χ0v) is 18.3. The first-order chi connectivity index (χ1) is 14.2. The summed E-state index contributed by atoms with van der Waals surface area (Å²) in [5.41, 5.74) is 2.12. The Morgan fingerprint density at radius 3 is 2.30 bits per heavy atom. The molecule has 0 radical (unpaired) electrons. The molecule has 0 amide bonds. The summed E-state index contributed by atoms with van der Waals surface area (Å²) < 4.78 is 22.6. The summed E-state index contributed by atoms with van der Waals surface area (Å²) in [7, 11) is 3.07. The number of carbonyl (C=O) groups excluding carboxylic acids is 2. The summed E-state index contributed by atoms with van der Waals surface area (Å²) in [6.45, 7) is 6.89. The number of methoxy groups -OCH3 is 2. The van der Waals surface area contributed by atoms with Crippen LogP contribution >= 0.6 is 0 Å². The number of fused-ring (bicyclic) bond motifs is 1. The predicted molar refractivity (Wildman–Crippen MR) is 114 cm³/mol. The molecule has 0 atom stereocenters. The smallest absolute Gasteiger partial charge is 0.350 e. The molecule has 3 rings (SSSR count). The molecule has 0 saturated carbocycles. The third-order valence-electron chi connectivity index (χ3n) is 5.03. The molecular formula is C24H28O6. The van der Waals surface area contributed by atoms with E-state index in [1.165, 1.54) is 7.11 Å². The van der Waals surface area contributed by atoms with Crippen molar-refractivity contribution in [1.82, 2.24) is 0 Å². The Bertz CT molecular complexity index is 974. The maximum Gasteiger partial charge on any atom is 0.350 e. The average Bonchev–Trinajstić information content (AvgIpc) is 3.07. The summed E-state index contributed by atoms with van der Waals surface area (Å²) >= 11 is 0. The van der Waals surface area contributed by atoms with Gasteiger partial charge in [0.25, 0.3) is 0 Å². The van der Waals surface area contributed by atoms with Gasteiger partial charge in [-0.15, -0.1) is 0 Å². The maximum absolute atomic E-state index is 12.6. The summed E-state index contributed by atoms with van der Waals surface area (Å²) in [6.07, 6.45) is 0.987. The van der Waals surface area contributed by atoms with E-state index in [0.717, 1.165) is 28.7 Å². The van der Waals surface area contributed by atoms with E-state index in [1.807, 2.05) is 24.3 Å². The minimum atomic E-state index is -1.26. The van der Waals surface area contributed by atoms with Crippen molar-refractivity contribution >= 4 is 11.8 Å². The highest BCUT2D eigenvalue weighted by atomic mass is 16.6. The van der Waals surface area contributed by atoms with Gasteiger partial charge < -0.3 is 18.9 Å². The zero-order valence-electron chi connectivity index (χ0n) is 18.3. The topological polar surface area (TPSA) is 71.1 Å². The van der Waals surface area contributed by atoms with Gasteiger partial charge in [0.2, 0.25) is 5.75 Å². The molecule has 30 heavy (non-hydrogen) atoms. The Hall–Kier alpha value is -3.02. The van der Waals surface area contributed by atoms with Gasteiger partial charge in [-0.25, -0.2) is 4.79 Å². The lowest BCUT2D eigenvalue weighted by molar-refractivity contribution is -0.163. The van der Waals surface area contributed by atoms with Crippen molar-refractivity contribution in [3.8, 4) is 28.4 Å². The third-order valence-corrected chi connectivity index (χ3v) is 5.03. The van der Waals surface area contributed by atoms with Crippen LogP contribution in [0.25, 0.3) is 11.1 Å². The van der Waals surface area contributed by atoms with Gasteiger partial charge >= 0.3 is 5.97 Å². The van der Waals surface area contributed by atoms with Gasteiger partial charge in [-0.1, -0.05) is 18.2 Å². The van der Waals surface area contributed by atoms with E-state index >= 15 is 0 Å². The second-order valence-corrected chi connectivity index (χ2v) is 8.04. The Morgan fingerprint density at radius 1 is 0.967 bits per heavy atom. The molecule has 0 saturated heterocycles. The van der Waals surface area contributed by atoms with E-state index in [9.17, 15) is 9.59 Å². The molecule has 0 aromatic heterocycles. The SMILES string of the molecule is COc1ccc(-c2ccc3c(c2)CCC3=O)c(OC(C)(C)C(=O)OC(C)C)c1OC. The Labute approximate surface area is 177 Å². The van der Waals surface area contributed by atoms with Gasteiger partial charge in [0.15, 0.2) is 22.9 Å². The van der Waals surface area contributed by atoms with Crippen molar-refractivity contribution < 1.29 is 28.5 Å². The van der Waals surface area contributed by atoms with Crippen LogP contribution in [0.4, 0.5) is 0 Å². The van der Waals surface area contributed by atoms with Crippen molar-refractivity contribution in [2.24, 2.45) is 0 Å². The highest BCUT2D eigenvalue weighted by Crippen LogP contribution is 2.46. The van der Waals surface area contributed by atoms with E-state index in [4.69, 9.17) is 18.9 Å². The standard InChI is InChI=1S/C24H28O6/c1-14(2)29-23(26)24(3,4)30-21-18(10-12-20(27-5)22(21)28-6)16-7-9-17-15(13-16)8-11-19(17)25/h7,9-10,12-14H,8,11H2,1-6H3. The van der Waals surface area contributed by atoms with Gasteiger partial charge in [0, 0.05) is 17.5 Å². The average molecular weight is 412 g/mol. The number of Topliss-reactive ketones (excluding diaryl/α,β-unsaturated/α-hetero) is 1. The molecular weight excluding hydrogens is 384 g/mol. The maximum atomic E-state index is 12.6. The van der Waals surface area contributed by atoms with Crippen LogP contribution in [0.5, 0.6) is 17.2 Å². The second kappa shape index (κ2) is 8.38. The van der Waals surface area contributed by atoms with Crippen LogP contribution in [0.3, 0.4) is 0 Å². The summed E-state index contributed by atoms with van der Waals surface area (Å²) in [5, 5.41) is 0. The number of hydrogen-bond acceptors (Lipinski definition) is 6. The number of esters is 1. The Kier molecular flexibility index (Phi) is 6.06. The number of ether oxygens (including phenoxy) is 4. The van der Waals surface area contributed by atoms with E-state index in [0.29, 0.717) is 23.7 Å². The van der Waals surface area contributed by atoms with Crippen molar-refractivity contribution in [3.63, 3.8) is 0 Å². The molecule has 2 aromatic carbocycles. The van der Waals surface area contributed by atoms with Crippen molar-refractivity contribution in [1.29, 1.82) is 0 Å². The van der Waals surface area contributed by atoms with Gasteiger partial charge in [-0.2, -0.15) is 0 Å². The molecule has 1 aliphatic carbocycles. The van der Waals surface area contributed by atoms with Crippen LogP contribution in [-0.4, -0.2) is 37.7 Å². The predicted octanol–water partition coefficient (Wildman–Crippen LogP) is 4.61. The molecule has 160 valence electrons. The lowest BCUT2D eigenvalue weighted by atomic mass is 9.98. The minimum absolute atomic E-state index is 0.165. The fraction of sp³-hybridized carbons (Fsp3) is 0.417. The van der Waals surface area contributed by atoms with Crippen molar-refractivity contribution in [3.05, 3.63) is 41.5 Å². The van der Waals surface area contributed by atoms with Crippen molar-refractivity contribution in [2.75, 3.05) is 14.2 Å². The first-order valence-electron chi connectivity index (χ1n) is 9.99. The number of ketones is 1. The molecule has 0 heterocycles. The molecule has 1 aliphatic rings. The quantitative estimate of drug-likeness (QED) is 0.619. The molecule has 0 unspecified atom stereocenters. The normalized spacial score (nSPS) is 13.2. The Balaban J connectivity index is 2.11. The first-order valence-corrected chi connectivity index (χ1v) is 9.99. The lowest BCUT2D eigenvalue weighted by Crippen LogP contribution is -2.41. The van der Waals surface area contributed by atoms with E-state index < -0.39 is 11.6 Å². The number of aryl methyl sites for hydroxylation is 1. The summed E-state index contributed by atoms with van der Waals surface area (Å²) in [5.74, 6) is 0.940. The monoisotopic (exact) mass is 412 g/mol. The number of benzene rings is 2. The van der Waals surface area contributed by atoms with Gasteiger partial charge in [0.1, 0.15) is 0 Å². The van der Waals surface area contributed by atoms with Crippen LogP contribution in [-0.2, 0) is 16.0 Å². The lowest BCUT2D eigenvalue weighted by Gasteiger charge is -2.28. The number of carbonyl (C=O) groups is 2. The molecule has 0 fully saturated rings. The highest BCUT2D eigenvalue weighted by molar-refractivity contribution is 6.01. The van der Waals surface area contributed by atoms with Gasteiger partial charge in [-0.3, -0.25) is 4.79 Å². The van der Waals surface area contributed by atoms with Crippen LogP contribution in [0.15, 0.2) is 30.3 Å². The molecule has 6 nitrogen and oxygen atoms in total. The fourth-order valence-corrected chi connectivity index (χ4v) is 3.50. The molecule has 2 aromatic rings. The fourth-order valence-electron chi connectivity index (χ4n) is 3.50. The van der Waals surface area contributed by atoms with E-state index in [1.54, 1.807) is 40.9 Å². The third kappa shape index (κ3) is 4.13. The molecule has 0 bridgehead atoms. The number of rotatable bonds is 7. The highest BCUT2D eigenvalue weighted by Gasteiger charge is 2.35. The zero-order chi connectivity index (χ0) is 22.1. The van der Waals surface area contributed by atoms with Crippen LogP contribution in [0, 0.1) is 0 Å². The summed E-state index contributed by atoms with van der Waals surface area (Å²) in [6, 6.07) is 9.37. The minimum Gasteiger partial charge on any atom is -0.493 e. The van der Waals surface area contributed by atoms with E-state index in [2.05, 4.69) is 0 Å². The second-order valence-electron chi connectivity index (χ2n) is 8.04. The molecule has 0 spiro atoms.